The van der Waals surface area contributed by atoms with Crippen molar-refractivity contribution in [3.8, 4) is 0 Å². The highest BCUT2D eigenvalue weighted by molar-refractivity contribution is 5.77. The third kappa shape index (κ3) is 4.97. The van der Waals surface area contributed by atoms with Crippen molar-refractivity contribution >= 4 is 5.91 Å². The molecular formula is C13H26N2O. The smallest absolute Gasteiger partial charge is 0.221 e. The van der Waals surface area contributed by atoms with Crippen molar-refractivity contribution in [3.05, 3.63) is 0 Å². The zero-order valence-electron chi connectivity index (χ0n) is 11.0. The van der Waals surface area contributed by atoms with Crippen LogP contribution in [0, 0.1) is 11.3 Å². The van der Waals surface area contributed by atoms with Crippen LogP contribution in [-0.4, -0.2) is 18.0 Å². The van der Waals surface area contributed by atoms with E-state index in [1.165, 1.54) is 6.42 Å². The summed E-state index contributed by atoms with van der Waals surface area (Å²) in [5.41, 5.74) is 6.16. The molecule has 1 saturated carbocycles. The van der Waals surface area contributed by atoms with Crippen molar-refractivity contribution < 1.29 is 4.79 Å². The Morgan fingerprint density at radius 1 is 1.50 bits per heavy atom. The summed E-state index contributed by atoms with van der Waals surface area (Å²) in [6.45, 7) is 8.62. The fourth-order valence-corrected chi connectivity index (χ4v) is 2.24. The SMILES string of the molecule is CCC1CC1NC(=O)CC(N)CC(C)(C)C. The van der Waals surface area contributed by atoms with Crippen LogP contribution in [0.2, 0.25) is 0 Å². The Balaban J connectivity index is 2.19. The third-order valence-corrected chi connectivity index (χ3v) is 3.12. The minimum Gasteiger partial charge on any atom is -0.353 e. The van der Waals surface area contributed by atoms with Gasteiger partial charge in [0.1, 0.15) is 0 Å². The minimum atomic E-state index is -0.0150. The summed E-state index contributed by atoms with van der Waals surface area (Å²) in [5, 5.41) is 3.05. The Morgan fingerprint density at radius 2 is 2.12 bits per heavy atom. The first-order valence-corrected chi connectivity index (χ1v) is 6.36. The number of carbonyl (C=O) groups excluding carboxylic acids is 1. The average Bonchev–Trinajstić information content (AvgIpc) is 2.78. The molecule has 1 aliphatic carbocycles. The second-order valence-corrected chi connectivity index (χ2v) is 6.31. The van der Waals surface area contributed by atoms with E-state index in [0.29, 0.717) is 18.4 Å². The molecule has 1 fully saturated rings. The Morgan fingerprint density at radius 3 is 2.56 bits per heavy atom. The molecule has 0 aromatic carbocycles. The molecule has 0 saturated heterocycles. The zero-order chi connectivity index (χ0) is 12.3. The second kappa shape index (κ2) is 5.17. The van der Waals surface area contributed by atoms with E-state index in [1.54, 1.807) is 0 Å². The Kier molecular flexibility index (Phi) is 4.36. The molecule has 0 aromatic heterocycles. The van der Waals surface area contributed by atoms with Crippen LogP contribution in [0.25, 0.3) is 0 Å². The lowest BCUT2D eigenvalue weighted by molar-refractivity contribution is -0.121. The molecule has 0 aliphatic heterocycles. The van der Waals surface area contributed by atoms with Gasteiger partial charge in [-0.2, -0.15) is 0 Å². The van der Waals surface area contributed by atoms with Crippen molar-refractivity contribution in [1.82, 2.24) is 5.32 Å². The molecule has 1 aliphatic rings. The Bertz CT molecular complexity index is 245. The highest BCUT2D eigenvalue weighted by Crippen LogP contribution is 2.33. The molecule has 0 aromatic rings. The lowest BCUT2D eigenvalue weighted by Gasteiger charge is -2.22. The average molecular weight is 226 g/mol. The molecule has 0 spiro atoms. The highest BCUT2D eigenvalue weighted by atomic mass is 16.1. The summed E-state index contributed by atoms with van der Waals surface area (Å²) >= 11 is 0. The van der Waals surface area contributed by atoms with Gasteiger partial charge < -0.3 is 11.1 Å². The maximum absolute atomic E-state index is 11.7. The molecule has 3 nitrogen and oxygen atoms in total. The lowest BCUT2D eigenvalue weighted by atomic mass is 9.87. The van der Waals surface area contributed by atoms with E-state index in [2.05, 4.69) is 33.0 Å². The van der Waals surface area contributed by atoms with Crippen molar-refractivity contribution in [2.45, 2.75) is 65.5 Å². The molecule has 94 valence electrons. The number of nitrogens with two attached hydrogens (primary N) is 1. The van der Waals surface area contributed by atoms with Crippen LogP contribution in [0.1, 0.15) is 53.4 Å². The van der Waals surface area contributed by atoms with Gasteiger partial charge >= 0.3 is 0 Å². The quantitative estimate of drug-likeness (QED) is 0.754. The number of rotatable bonds is 5. The molecule has 3 N–H and O–H groups in total. The van der Waals surface area contributed by atoms with Crippen LogP contribution < -0.4 is 11.1 Å². The van der Waals surface area contributed by atoms with Crippen LogP contribution in [0.3, 0.4) is 0 Å². The Labute approximate surface area is 99.2 Å². The van der Waals surface area contributed by atoms with Gasteiger partial charge in [0.15, 0.2) is 0 Å². The maximum Gasteiger partial charge on any atom is 0.221 e. The van der Waals surface area contributed by atoms with E-state index in [-0.39, 0.29) is 17.4 Å². The lowest BCUT2D eigenvalue weighted by Crippen LogP contribution is -2.35. The Hall–Kier alpha value is -0.570. The first-order chi connectivity index (χ1) is 7.31. The highest BCUT2D eigenvalue weighted by Gasteiger charge is 2.36. The topological polar surface area (TPSA) is 55.1 Å². The summed E-state index contributed by atoms with van der Waals surface area (Å²) in [4.78, 5) is 11.7. The monoisotopic (exact) mass is 226 g/mol. The number of hydrogen-bond acceptors (Lipinski definition) is 2. The van der Waals surface area contributed by atoms with Gasteiger partial charge in [-0.15, -0.1) is 0 Å². The van der Waals surface area contributed by atoms with Crippen molar-refractivity contribution in [1.29, 1.82) is 0 Å². The predicted molar refractivity (Wildman–Crippen MR) is 67.0 cm³/mol. The van der Waals surface area contributed by atoms with E-state index in [1.807, 2.05) is 0 Å². The number of nitrogens with one attached hydrogen (secondary N) is 1. The van der Waals surface area contributed by atoms with Gasteiger partial charge in [-0.05, 0) is 24.2 Å². The molecule has 0 bridgehead atoms. The fourth-order valence-electron chi connectivity index (χ4n) is 2.24. The van der Waals surface area contributed by atoms with Gasteiger partial charge in [-0.25, -0.2) is 0 Å². The zero-order valence-corrected chi connectivity index (χ0v) is 11.0. The van der Waals surface area contributed by atoms with Gasteiger partial charge in [0.25, 0.3) is 0 Å². The number of hydrogen-bond donors (Lipinski definition) is 2. The second-order valence-electron chi connectivity index (χ2n) is 6.31. The molecule has 3 heteroatoms. The van der Waals surface area contributed by atoms with Crippen molar-refractivity contribution in [3.63, 3.8) is 0 Å². The van der Waals surface area contributed by atoms with Gasteiger partial charge in [-0.3, -0.25) is 4.79 Å². The molecule has 0 heterocycles. The van der Waals surface area contributed by atoms with Gasteiger partial charge in [0.05, 0.1) is 0 Å². The van der Waals surface area contributed by atoms with Gasteiger partial charge in [0.2, 0.25) is 5.91 Å². The van der Waals surface area contributed by atoms with Gasteiger partial charge in [-0.1, -0.05) is 34.1 Å². The molecule has 0 radical (unpaired) electrons. The fraction of sp³-hybridized carbons (Fsp3) is 0.923. The predicted octanol–water partition coefficient (Wildman–Crippen LogP) is 2.05. The van der Waals surface area contributed by atoms with Crippen LogP contribution in [-0.2, 0) is 4.79 Å². The van der Waals surface area contributed by atoms with E-state index < -0.39 is 0 Å². The van der Waals surface area contributed by atoms with E-state index in [4.69, 9.17) is 5.73 Å². The maximum atomic E-state index is 11.7. The van der Waals surface area contributed by atoms with Crippen LogP contribution >= 0.6 is 0 Å². The molecule has 1 amide bonds. The summed E-state index contributed by atoms with van der Waals surface area (Å²) in [6.07, 6.45) is 3.67. The third-order valence-electron chi connectivity index (χ3n) is 3.12. The number of amides is 1. The van der Waals surface area contributed by atoms with Crippen LogP contribution in [0.5, 0.6) is 0 Å². The minimum absolute atomic E-state index is 0.0150. The van der Waals surface area contributed by atoms with E-state index in [0.717, 1.165) is 12.8 Å². The van der Waals surface area contributed by atoms with Crippen molar-refractivity contribution in [2.75, 3.05) is 0 Å². The number of carbonyl (C=O) groups is 1. The summed E-state index contributed by atoms with van der Waals surface area (Å²) in [7, 11) is 0. The van der Waals surface area contributed by atoms with E-state index >= 15 is 0 Å². The van der Waals surface area contributed by atoms with Crippen molar-refractivity contribution in [2.24, 2.45) is 17.1 Å². The molecule has 3 atom stereocenters. The first kappa shape index (κ1) is 13.5. The molecule has 3 unspecified atom stereocenters. The van der Waals surface area contributed by atoms with Crippen LogP contribution in [0.15, 0.2) is 0 Å². The van der Waals surface area contributed by atoms with E-state index in [9.17, 15) is 4.79 Å². The first-order valence-electron chi connectivity index (χ1n) is 6.36. The molecular weight excluding hydrogens is 200 g/mol. The van der Waals surface area contributed by atoms with Gasteiger partial charge in [0, 0.05) is 18.5 Å². The standard InChI is InChI=1S/C13H26N2O/c1-5-9-6-11(9)15-12(16)7-10(14)8-13(2,3)4/h9-11H,5-8,14H2,1-4H3,(H,15,16). The summed E-state index contributed by atoms with van der Waals surface area (Å²) in [6, 6.07) is 0.415. The summed E-state index contributed by atoms with van der Waals surface area (Å²) in [5.74, 6) is 0.834. The summed E-state index contributed by atoms with van der Waals surface area (Å²) < 4.78 is 0. The molecule has 16 heavy (non-hydrogen) atoms. The normalized spacial score (nSPS) is 26.3. The van der Waals surface area contributed by atoms with Crippen LogP contribution in [0.4, 0.5) is 0 Å². The largest absolute Gasteiger partial charge is 0.353 e. The molecule has 1 rings (SSSR count).